The van der Waals surface area contributed by atoms with Crippen molar-refractivity contribution in [2.45, 2.75) is 31.7 Å². The van der Waals surface area contributed by atoms with E-state index >= 15 is 0 Å². The molecular weight excluding hydrogens is 313 g/mol. The topological polar surface area (TPSA) is 66.4 Å². The second-order valence-corrected chi connectivity index (χ2v) is 6.07. The molecule has 0 atom stereocenters. The van der Waals surface area contributed by atoms with Crippen molar-refractivity contribution in [3.63, 3.8) is 0 Å². The van der Waals surface area contributed by atoms with Crippen LogP contribution in [0.1, 0.15) is 26.2 Å². The standard InChI is InChI=1S/C14H21Cl2N3O2/c1-2-5-17-12-10(15)8-11(16)13(18-12)19-14(9-20)3-6-21-7-4-14/h8,20H,2-7,9H2,1H3,(H2,17,18,19). The van der Waals surface area contributed by atoms with Gasteiger partial charge in [0.2, 0.25) is 0 Å². The highest BCUT2D eigenvalue weighted by Gasteiger charge is 2.33. The summed E-state index contributed by atoms with van der Waals surface area (Å²) in [5, 5.41) is 17.1. The van der Waals surface area contributed by atoms with E-state index in [0.29, 0.717) is 47.7 Å². The molecule has 1 saturated heterocycles. The molecule has 2 heterocycles. The van der Waals surface area contributed by atoms with E-state index in [-0.39, 0.29) is 6.61 Å². The van der Waals surface area contributed by atoms with Gasteiger partial charge in [0.05, 0.1) is 22.2 Å². The van der Waals surface area contributed by atoms with Crippen molar-refractivity contribution in [3.05, 3.63) is 16.1 Å². The van der Waals surface area contributed by atoms with Crippen LogP contribution >= 0.6 is 23.2 Å². The van der Waals surface area contributed by atoms with Crippen LogP contribution in [0.4, 0.5) is 11.6 Å². The van der Waals surface area contributed by atoms with Crippen LogP contribution in [-0.4, -0.2) is 42.0 Å². The Morgan fingerprint density at radius 2 is 1.95 bits per heavy atom. The molecule has 0 radical (unpaired) electrons. The van der Waals surface area contributed by atoms with E-state index < -0.39 is 5.54 Å². The lowest BCUT2D eigenvalue weighted by Gasteiger charge is -2.37. The number of ether oxygens (including phenoxy) is 1. The minimum absolute atomic E-state index is 0.00865. The Bertz CT molecular complexity index is 480. The van der Waals surface area contributed by atoms with Gasteiger partial charge < -0.3 is 20.5 Å². The number of nitrogens with one attached hydrogen (secondary N) is 2. The van der Waals surface area contributed by atoms with E-state index in [4.69, 9.17) is 27.9 Å². The minimum Gasteiger partial charge on any atom is -0.394 e. The fourth-order valence-corrected chi connectivity index (χ4v) is 2.73. The molecule has 1 aromatic rings. The quantitative estimate of drug-likeness (QED) is 0.746. The molecule has 7 heteroatoms. The van der Waals surface area contributed by atoms with Gasteiger partial charge in [-0.15, -0.1) is 0 Å². The molecule has 2 rings (SSSR count). The van der Waals surface area contributed by atoms with Crippen LogP contribution in [0.5, 0.6) is 0 Å². The molecule has 0 bridgehead atoms. The fraction of sp³-hybridized carbons (Fsp3) is 0.643. The predicted molar refractivity (Wildman–Crippen MR) is 86.5 cm³/mol. The summed E-state index contributed by atoms with van der Waals surface area (Å²) in [6, 6.07) is 1.67. The SMILES string of the molecule is CCCNc1nc(NC2(CO)CCOCC2)c(Cl)cc1Cl. The molecule has 1 aromatic heterocycles. The maximum absolute atomic E-state index is 9.73. The number of aliphatic hydroxyl groups is 1. The number of halogens is 2. The first-order valence-corrected chi connectivity index (χ1v) is 7.92. The minimum atomic E-state index is -0.440. The van der Waals surface area contributed by atoms with E-state index in [1.165, 1.54) is 0 Å². The highest BCUT2D eigenvalue weighted by molar-refractivity contribution is 6.37. The van der Waals surface area contributed by atoms with Crippen molar-refractivity contribution in [3.8, 4) is 0 Å². The molecule has 21 heavy (non-hydrogen) atoms. The maximum atomic E-state index is 9.73. The maximum Gasteiger partial charge on any atom is 0.147 e. The van der Waals surface area contributed by atoms with Crippen LogP contribution in [-0.2, 0) is 4.74 Å². The summed E-state index contributed by atoms with van der Waals surface area (Å²) in [5.41, 5.74) is -0.440. The summed E-state index contributed by atoms with van der Waals surface area (Å²) in [4.78, 5) is 4.46. The molecule has 0 aliphatic carbocycles. The molecule has 0 aromatic carbocycles. The first-order chi connectivity index (χ1) is 10.1. The van der Waals surface area contributed by atoms with Crippen molar-refractivity contribution < 1.29 is 9.84 Å². The van der Waals surface area contributed by atoms with Gasteiger partial charge in [-0.05, 0) is 25.3 Å². The van der Waals surface area contributed by atoms with Crippen LogP contribution < -0.4 is 10.6 Å². The first-order valence-electron chi connectivity index (χ1n) is 7.17. The van der Waals surface area contributed by atoms with Gasteiger partial charge in [0, 0.05) is 19.8 Å². The van der Waals surface area contributed by atoms with Gasteiger partial charge in [0.1, 0.15) is 11.6 Å². The number of hydrogen-bond donors (Lipinski definition) is 3. The normalized spacial score (nSPS) is 17.5. The first kappa shape index (κ1) is 16.6. The number of rotatable bonds is 6. The fourth-order valence-electron chi connectivity index (χ4n) is 2.26. The second-order valence-electron chi connectivity index (χ2n) is 5.25. The summed E-state index contributed by atoms with van der Waals surface area (Å²) in [7, 11) is 0. The molecule has 1 aliphatic rings. The Balaban J connectivity index is 2.21. The average molecular weight is 334 g/mol. The van der Waals surface area contributed by atoms with E-state index in [9.17, 15) is 5.11 Å². The van der Waals surface area contributed by atoms with E-state index in [1.54, 1.807) is 6.07 Å². The zero-order chi connectivity index (χ0) is 15.3. The highest BCUT2D eigenvalue weighted by Crippen LogP contribution is 2.33. The Morgan fingerprint density at radius 1 is 1.29 bits per heavy atom. The van der Waals surface area contributed by atoms with Crippen LogP contribution in [0, 0.1) is 0 Å². The van der Waals surface area contributed by atoms with Crippen LogP contribution in [0.15, 0.2) is 6.07 Å². The van der Waals surface area contributed by atoms with E-state index in [0.717, 1.165) is 13.0 Å². The number of aromatic nitrogens is 1. The molecule has 1 fully saturated rings. The van der Waals surface area contributed by atoms with Crippen LogP contribution in [0.3, 0.4) is 0 Å². The summed E-state index contributed by atoms with van der Waals surface area (Å²) in [5.74, 6) is 1.14. The lowest BCUT2D eigenvalue weighted by Crippen LogP contribution is -2.47. The summed E-state index contributed by atoms with van der Waals surface area (Å²) < 4.78 is 5.35. The van der Waals surface area contributed by atoms with Crippen molar-refractivity contribution in [1.29, 1.82) is 0 Å². The monoisotopic (exact) mass is 333 g/mol. The number of aliphatic hydroxyl groups excluding tert-OH is 1. The van der Waals surface area contributed by atoms with Crippen LogP contribution in [0.2, 0.25) is 10.0 Å². The largest absolute Gasteiger partial charge is 0.394 e. The highest BCUT2D eigenvalue weighted by atomic mass is 35.5. The smallest absolute Gasteiger partial charge is 0.147 e. The molecule has 0 unspecified atom stereocenters. The molecule has 118 valence electrons. The summed E-state index contributed by atoms with van der Waals surface area (Å²) >= 11 is 12.4. The second kappa shape index (κ2) is 7.49. The predicted octanol–water partition coefficient (Wildman–Crippen LogP) is 3.16. The third-order valence-electron chi connectivity index (χ3n) is 3.61. The average Bonchev–Trinajstić information content (AvgIpc) is 2.50. The number of hydrogen-bond acceptors (Lipinski definition) is 5. The van der Waals surface area contributed by atoms with Gasteiger partial charge in [0.15, 0.2) is 0 Å². The Hall–Kier alpha value is -0.750. The molecule has 0 amide bonds. The van der Waals surface area contributed by atoms with Crippen LogP contribution in [0.25, 0.3) is 0 Å². The zero-order valence-electron chi connectivity index (χ0n) is 12.1. The van der Waals surface area contributed by atoms with Gasteiger partial charge in [-0.25, -0.2) is 4.98 Å². The Labute approximate surface area is 135 Å². The number of nitrogens with zero attached hydrogens (tertiary/aromatic N) is 1. The van der Waals surface area contributed by atoms with E-state index in [2.05, 4.69) is 22.5 Å². The molecular formula is C14H21Cl2N3O2. The third-order valence-corrected chi connectivity index (χ3v) is 4.18. The third kappa shape index (κ3) is 4.13. The Kier molecular flexibility index (Phi) is 5.93. The number of anilines is 2. The molecule has 3 N–H and O–H groups in total. The Morgan fingerprint density at radius 3 is 2.57 bits per heavy atom. The summed E-state index contributed by atoms with van der Waals surface area (Å²) in [6.45, 7) is 4.08. The lowest BCUT2D eigenvalue weighted by molar-refractivity contribution is 0.0378. The summed E-state index contributed by atoms with van der Waals surface area (Å²) in [6.07, 6.45) is 2.39. The molecule has 5 nitrogen and oxygen atoms in total. The van der Waals surface area contributed by atoms with Gasteiger partial charge in [0.25, 0.3) is 0 Å². The number of pyridine rings is 1. The molecule has 0 saturated carbocycles. The van der Waals surface area contributed by atoms with E-state index in [1.807, 2.05) is 0 Å². The molecule has 0 spiro atoms. The van der Waals surface area contributed by atoms with Crippen molar-refractivity contribution >= 4 is 34.8 Å². The lowest BCUT2D eigenvalue weighted by atomic mass is 9.91. The van der Waals surface area contributed by atoms with Gasteiger partial charge >= 0.3 is 0 Å². The van der Waals surface area contributed by atoms with Gasteiger partial charge in [-0.1, -0.05) is 30.1 Å². The van der Waals surface area contributed by atoms with Crippen molar-refractivity contribution in [2.75, 3.05) is 37.0 Å². The van der Waals surface area contributed by atoms with Gasteiger partial charge in [-0.2, -0.15) is 0 Å². The van der Waals surface area contributed by atoms with Crippen molar-refractivity contribution in [1.82, 2.24) is 4.98 Å². The molecule has 1 aliphatic heterocycles. The van der Waals surface area contributed by atoms with Crippen molar-refractivity contribution in [2.24, 2.45) is 0 Å². The zero-order valence-corrected chi connectivity index (χ0v) is 13.6. The van der Waals surface area contributed by atoms with Gasteiger partial charge in [-0.3, -0.25) is 0 Å².